The van der Waals surface area contributed by atoms with Crippen molar-refractivity contribution in [3.8, 4) is 0 Å². The van der Waals surface area contributed by atoms with Crippen molar-refractivity contribution in [3.63, 3.8) is 0 Å². The first-order valence-electron chi connectivity index (χ1n) is 6.21. The molecule has 0 aliphatic heterocycles. The molecular weight excluding hydrogens is 212 g/mol. The Bertz CT molecular complexity index is 337. The standard InChI is InChI=1S/C14H22N2O/c1-3-12(13-7-5-4-6-8-13)9-14(17)16-11(2)10-15/h4-8,11-12H,3,9-10,15H2,1-2H3,(H,16,17)/t11-,12?/m0/s1. The Morgan fingerprint density at radius 3 is 2.53 bits per heavy atom. The average molecular weight is 234 g/mol. The summed E-state index contributed by atoms with van der Waals surface area (Å²) in [5.74, 6) is 0.375. The molecule has 1 aromatic rings. The predicted octanol–water partition coefficient (Wildman–Crippen LogP) is 2.03. The largest absolute Gasteiger partial charge is 0.352 e. The first kappa shape index (κ1) is 13.7. The minimum Gasteiger partial charge on any atom is -0.352 e. The van der Waals surface area contributed by atoms with Gasteiger partial charge in [-0.1, -0.05) is 37.3 Å². The van der Waals surface area contributed by atoms with Crippen molar-refractivity contribution in [2.24, 2.45) is 5.73 Å². The minimum atomic E-state index is 0.0516. The molecule has 2 atom stereocenters. The number of carbonyl (C=O) groups excluding carboxylic acids is 1. The molecule has 0 aliphatic rings. The fraction of sp³-hybridized carbons (Fsp3) is 0.500. The lowest BCUT2D eigenvalue weighted by molar-refractivity contribution is -0.122. The van der Waals surface area contributed by atoms with Gasteiger partial charge in [-0.3, -0.25) is 4.79 Å². The fourth-order valence-electron chi connectivity index (χ4n) is 1.84. The number of rotatable bonds is 6. The van der Waals surface area contributed by atoms with Crippen LogP contribution in [0.3, 0.4) is 0 Å². The van der Waals surface area contributed by atoms with Gasteiger partial charge in [0.25, 0.3) is 0 Å². The summed E-state index contributed by atoms with van der Waals surface area (Å²) in [6.07, 6.45) is 1.50. The van der Waals surface area contributed by atoms with E-state index < -0.39 is 0 Å². The second-order valence-electron chi connectivity index (χ2n) is 4.42. The Morgan fingerprint density at radius 2 is 2.00 bits per heavy atom. The zero-order valence-corrected chi connectivity index (χ0v) is 10.6. The van der Waals surface area contributed by atoms with E-state index in [9.17, 15) is 4.79 Å². The summed E-state index contributed by atoms with van der Waals surface area (Å²) in [5, 5.41) is 2.90. The van der Waals surface area contributed by atoms with E-state index in [1.165, 1.54) is 5.56 Å². The minimum absolute atomic E-state index is 0.0516. The van der Waals surface area contributed by atoms with Crippen LogP contribution in [0.5, 0.6) is 0 Å². The topological polar surface area (TPSA) is 55.1 Å². The number of hydrogen-bond donors (Lipinski definition) is 2. The van der Waals surface area contributed by atoms with E-state index in [4.69, 9.17) is 5.73 Å². The van der Waals surface area contributed by atoms with Crippen molar-refractivity contribution >= 4 is 5.91 Å². The number of benzene rings is 1. The van der Waals surface area contributed by atoms with E-state index in [2.05, 4.69) is 24.4 Å². The molecule has 94 valence electrons. The molecule has 0 bridgehead atoms. The monoisotopic (exact) mass is 234 g/mol. The highest BCUT2D eigenvalue weighted by atomic mass is 16.1. The zero-order chi connectivity index (χ0) is 12.7. The highest BCUT2D eigenvalue weighted by molar-refractivity contribution is 5.77. The van der Waals surface area contributed by atoms with E-state index in [0.717, 1.165) is 6.42 Å². The molecule has 17 heavy (non-hydrogen) atoms. The maximum absolute atomic E-state index is 11.8. The van der Waals surface area contributed by atoms with Crippen LogP contribution in [-0.2, 0) is 4.79 Å². The quantitative estimate of drug-likeness (QED) is 0.791. The van der Waals surface area contributed by atoms with Gasteiger partial charge in [-0.15, -0.1) is 0 Å². The normalized spacial score (nSPS) is 14.1. The Hall–Kier alpha value is -1.35. The molecule has 3 nitrogen and oxygen atoms in total. The molecule has 1 unspecified atom stereocenters. The van der Waals surface area contributed by atoms with Gasteiger partial charge in [0.05, 0.1) is 0 Å². The third kappa shape index (κ3) is 4.57. The van der Waals surface area contributed by atoms with Crippen molar-refractivity contribution in [1.29, 1.82) is 0 Å². The number of hydrogen-bond acceptors (Lipinski definition) is 2. The van der Waals surface area contributed by atoms with Crippen LogP contribution >= 0.6 is 0 Å². The number of nitrogens with two attached hydrogens (primary N) is 1. The third-order valence-corrected chi connectivity index (χ3v) is 2.96. The molecule has 1 rings (SSSR count). The van der Waals surface area contributed by atoms with Gasteiger partial charge in [0, 0.05) is 19.0 Å². The summed E-state index contributed by atoms with van der Waals surface area (Å²) >= 11 is 0. The molecule has 0 aliphatic carbocycles. The molecule has 0 radical (unpaired) electrons. The van der Waals surface area contributed by atoms with Crippen LogP contribution in [0.25, 0.3) is 0 Å². The highest BCUT2D eigenvalue weighted by Crippen LogP contribution is 2.22. The van der Waals surface area contributed by atoms with Gasteiger partial charge in [-0.25, -0.2) is 0 Å². The van der Waals surface area contributed by atoms with Gasteiger partial charge in [-0.05, 0) is 24.8 Å². The van der Waals surface area contributed by atoms with Gasteiger partial charge < -0.3 is 11.1 Å². The molecule has 3 N–H and O–H groups in total. The van der Waals surface area contributed by atoms with E-state index in [-0.39, 0.29) is 11.9 Å². The Balaban J connectivity index is 2.56. The van der Waals surface area contributed by atoms with Gasteiger partial charge in [0.15, 0.2) is 0 Å². The van der Waals surface area contributed by atoms with E-state index in [1.807, 2.05) is 25.1 Å². The Labute approximate surface area is 103 Å². The van der Waals surface area contributed by atoms with Crippen molar-refractivity contribution in [2.75, 3.05) is 6.54 Å². The maximum atomic E-state index is 11.8. The van der Waals surface area contributed by atoms with Crippen LogP contribution in [0.4, 0.5) is 0 Å². The SMILES string of the molecule is CCC(CC(=O)N[C@@H](C)CN)c1ccccc1. The Kier molecular flexibility index (Phi) is 5.70. The van der Waals surface area contributed by atoms with E-state index >= 15 is 0 Å². The molecule has 0 saturated carbocycles. The maximum Gasteiger partial charge on any atom is 0.220 e. The van der Waals surface area contributed by atoms with Crippen LogP contribution in [-0.4, -0.2) is 18.5 Å². The summed E-state index contributed by atoms with van der Waals surface area (Å²) in [4.78, 5) is 11.8. The van der Waals surface area contributed by atoms with Gasteiger partial charge in [0.2, 0.25) is 5.91 Å². The highest BCUT2D eigenvalue weighted by Gasteiger charge is 2.14. The number of amides is 1. The molecule has 1 amide bonds. The fourth-order valence-corrected chi connectivity index (χ4v) is 1.84. The molecule has 0 fully saturated rings. The van der Waals surface area contributed by atoms with Crippen molar-refractivity contribution in [1.82, 2.24) is 5.32 Å². The molecule has 0 spiro atoms. The summed E-state index contributed by atoms with van der Waals surface area (Å²) in [6.45, 7) is 4.51. The Morgan fingerprint density at radius 1 is 1.35 bits per heavy atom. The molecule has 1 aromatic carbocycles. The first-order chi connectivity index (χ1) is 8.17. The van der Waals surface area contributed by atoms with E-state index in [1.54, 1.807) is 0 Å². The molecule has 0 saturated heterocycles. The van der Waals surface area contributed by atoms with Crippen molar-refractivity contribution in [3.05, 3.63) is 35.9 Å². The third-order valence-electron chi connectivity index (χ3n) is 2.96. The van der Waals surface area contributed by atoms with Gasteiger partial charge in [0.1, 0.15) is 0 Å². The van der Waals surface area contributed by atoms with Crippen LogP contribution < -0.4 is 11.1 Å². The summed E-state index contributed by atoms with van der Waals surface area (Å²) in [6, 6.07) is 10.2. The zero-order valence-electron chi connectivity index (χ0n) is 10.6. The van der Waals surface area contributed by atoms with Crippen molar-refractivity contribution < 1.29 is 4.79 Å². The summed E-state index contributed by atoms with van der Waals surface area (Å²) in [7, 11) is 0. The van der Waals surface area contributed by atoms with Gasteiger partial charge in [-0.2, -0.15) is 0 Å². The predicted molar refractivity (Wildman–Crippen MR) is 70.8 cm³/mol. The smallest absolute Gasteiger partial charge is 0.220 e. The first-order valence-corrected chi connectivity index (χ1v) is 6.21. The molecule has 0 heterocycles. The van der Waals surface area contributed by atoms with Crippen LogP contribution in [0, 0.1) is 0 Å². The second-order valence-corrected chi connectivity index (χ2v) is 4.42. The molecular formula is C14H22N2O. The van der Waals surface area contributed by atoms with Gasteiger partial charge >= 0.3 is 0 Å². The lowest BCUT2D eigenvalue weighted by Gasteiger charge is -2.17. The molecule has 0 aromatic heterocycles. The lowest BCUT2D eigenvalue weighted by atomic mass is 9.93. The molecule has 3 heteroatoms. The van der Waals surface area contributed by atoms with Crippen molar-refractivity contribution in [2.45, 2.75) is 38.6 Å². The summed E-state index contributed by atoms with van der Waals surface area (Å²) < 4.78 is 0. The van der Waals surface area contributed by atoms with Crippen LogP contribution in [0.1, 0.15) is 38.2 Å². The number of nitrogens with one attached hydrogen (secondary N) is 1. The van der Waals surface area contributed by atoms with Crippen LogP contribution in [0.2, 0.25) is 0 Å². The lowest BCUT2D eigenvalue weighted by Crippen LogP contribution is -2.38. The number of carbonyl (C=O) groups is 1. The summed E-state index contributed by atoms with van der Waals surface area (Å²) in [5.41, 5.74) is 6.71. The average Bonchev–Trinajstić information content (AvgIpc) is 2.36. The van der Waals surface area contributed by atoms with Crippen LogP contribution in [0.15, 0.2) is 30.3 Å². The van der Waals surface area contributed by atoms with E-state index in [0.29, 0.717) is 18.9 Å². The second kappa shape index (κ2) is 7.07.